The highest BCUT2D eigenvalue weighted by molar-refractivity contribution is 7.87. The molecular weight excluding hydrogens is 332 g/mol. The van der Waals surface area contributed by atoms with Crippen LogP contribution in [0.5, 0.6) is 11.8 Å². The van der Waals surface area contributed by atoms with Gasteiger partial charge in [0.2, 0.25) is 0 Å². The Morgan fingerprint density at radius 3 is 2.33 bits per heavy atom. The lowest BCUT2D eigenvalue weighted by Crippen LogP contribution is -2.46. The van der Waals surface area contributed by atoms with Crippen LogP contribution in [0.3, 0.4) is 0 Å². The maximum Gasteiger partial charge on any atom is 0.279 e. The average molecular weight is 356 g/mol. The summed E-state index contributed by atoms with van der Waals surface area (Å²) in [6.45, 7) is 1.25. The first-order chi connectivity index (χ1) is 11.6. The smallest absolute Gasteiger partial charge is 0.279 e. The van der Waals surface area contributed by atoms with Crippen LogP contribution in [0.4, 0.5) is 0 Å². The second kappa shape index (κ2) is 7.62. The van der Waals surface area contributed by atoms with Gasteiger partial charge in [0.25, 0.3) is 22.0 Å². The van der Waals surface area contributed by atoms with Gasteiger partial charge in [-0.15, -0.1) is 0 Å². The van der Waals surface area contributed by atoms with Crippen LogP contribution in [0.15, 0.2) is 12.4 Å². The lowest BCUT2D eigenvalue weighted by Gasteiger charge is -2.30. The van der Waals surface area contributed by atoms with E-state index in [2.05, 4.69) is 14.7 Å². The lowest BCUT2D eigenvalue weighted by molar-refractivity contribution is 0.132. The molecule has 1 aromatic rings. The number of nitrogens with one attached hydrogen (secondary N) is 1. The molecule has 0 radical (unpaired) electrons. The topological polar surface area (TPSA) is 93.6 Å². The molecule has 0 bridgehead atoms. The summed E-state index contributed by atoms with van der Waals surface area (Å²) >= 11 is 0. The molecule has 0 unspecified atom stereocenters. The molecule has 0 amide bonds. The first kappa shape index (κ1) is 17.4. The Kier molecular flexibility index (Phi) is 5.52. The highest BCUT2D eigenvalue weighted by Gasteiger charge is 2.31. The molecule has 1 aliphatic carbocycles. The zero-order valence-electron chi connectivity index (χ0n) is 13.8. The fraction of sp³-hybridized carbons (Fsp3) is 0.733. The Morgan fingerprint density at radius 1 is 1.08 bits per heavy atom. The van der Waals surface area contributed by atoms with Crippen LogP contribution in [-0.4, -0.2) is 55.0 Å². The highest BCUT2D eigenvalue weighted by atomic mass is 32.2. The van der Waals surface area contributed by atoms with Crippen LogP contribution in [0.1, 0.15) is 38.5 Å². The second-order valence-corrected chi connectivity index (χ2v) is 7.89. The lowest BCUT2D eigenvalue weighted by atomic mass is 9.94. The highest BCUT2D eigenvalue weighted by Crippen LogP contribution is 2.27. The van der Waals surface area contributed by atoms with E-state index in [0.29, 0.717) is 24.8 Å². The van der Waals surface area contributed by atoms with Gasteiger partial charge in [-0.2, -0.15) is 17.4 Å². The molecule has 1 aromatic heterocycles. The van der Waals surface area contributed by atoms with E-state index < -0.39 is 10.2 Å². The van der Waals surface area contributed by atoms with Crippen molar-refractivity contribution in [2.24, 2.45) is 0 Å². The number of hydrogen-bond acceptors (Lipinski definition) is 6. The van der Waals surface area contributed by atoms with Crippen LogP contribution in [0.25, 0.3) is 0 Å². The Bertz CT molecular complexity index is 641. The largest absolute Gasteiger partial charge is 0.477 e. The quantitative estimate of drug-likeness (QED) is 0.820. The molecule has 2 fully saturated rings. The Balaban J connectivity index is 1.50. The predicted molar refractivity (Wildman–Crippen MR) is 88.1 cm³/mol. The van der Waals surface area contributed by atoms with Gasteiger partial charge in [0.15, 0.2) is 0 Å². The van der Waals surface area contributed by atoms with Crippen LogP contribution in [-0.2, 0) is 10.2 Å². The molecule has 1 aliphatic heterocycles. The summed E-state index contributed by atoms with van der Waals surface area (Å²) in [7, 11) is -1.82. The minimum Gasteiger partial charge on any atom is -0.477 e. The third-order valence-corrected chi connectivity index (χ3v) is 6.18. The van der Waals surface area contributed by atoms with Gasteiger partial charge in [-0.25, -0.2) is 9.97 Å². The SMILES string of the molecule is COc1nccnc1OC1CCC(NS(=O)(=O)N2CCCC2)CC1. The Hall–Kier alpha value is -1.45. The monoisotopic (exact) mass is 356 g/mol. The molecule has 2 heterocycles. The van der Waals surface area contributed by atoms with Gasteiger partial charge in [0.05, 0.1) is 7.11 Å². The summed E-state index contributed by atoms with van der Waals surface area (Å²) in [5.41, 5.74) is 0. The fourth-order valence-electron chi connectivity index (χ4n) is 3.20. The molecule has 0 atom stereocenters. The van der Waals surface area contributed by atoms with Crippen molar-refractivity contribution in [3.63, 3.8) is 0 Å². The number of hydrogen-bond donors (Lipinski definition) is 1. The summed E-state index contributed by atoms with van der Waals surface area (Å²) in [5, 5.41) is 0. The van der Waals surface area contributed by atoms with Crippen molar-refractivity contribution >= 4 is 10.2 Å². The molecule has 3 rings (SSSR count). The van der Waals surface area contributed by atoms with E-state index in [1.54, 1.807) is 16.7 Å². The summed E-state index contributed by atoms with van der Waals surface area (Å²) in [6.07, 6.45) is 8.05. The number of ether oxygens (including phenoxy) is 2. The maximum absolute atomic E-state index is 12.3. The van der Waals surface area contributed by atoms with Gasteiger partial charge in [0.1, 0.15) is 6.10 Å². The van der Waals surface area contributed by atoms with Crippen molar-refractivity contribution in [1.82, 2.24) is 19.0 Å². The number of methoxy groups -OCH3 is 1. The fourth-order valence-corrected chi connectivity index (χ4v) is 4.75. The zero-order valence-corrected chi connectivity index (χ0v) is 14.7. The van der Waals surface area contributed by atoms with Crippen molar-refractivity contribution in [1.29, 1.82) is 0 Å². The van der Waals surface area contributed by atoms with Crippen LogP contribution >= 0.6 is 0 Å². The van der Waals surface area contributed by atoms with E-state index in [1.807, 2.05) is 0 Å². The van der Waals surface area contributed by atoms with Gasteiger partial charge in [0, 0.05) is 31.5 Å². The number of nitrogens with zero attached hydrogens (tertiary/aromatic N) is 3. The first-order valence-electron chi connectivity index (χ1n) is 8.37. The van der Waals surface area contributed by atoms with Crippen molar-refractivity contribution < 1.29 is 17.9 Å². The normalized spacial score (nSPS) is 25.5. The number of aromatic nitrogens is 2. The second-order valence-electron chi connectivity index (χ2n) is 6.19. The molecule has 2 aliphatic rings. The molecule has 9 heteroatoms. The first-order valence-corrected chi connectivity index (χ1v) is 9.81. The molecule has 1 saturated heterocycles. The van der Waals surface area contributed by atoms with E-state index in [1.165, 1.54) is 7.11 Å². The molecule has 1 N–H and O–H groups in total. The third-order valence-electron chi connectivity index (χ3n) is 4.50. The van der Waals surface area contributed by atoms with E-state index in [-0.39, 0.29) is 12.1 Å². The molecule has 0 spiro atoms. The average Bonchev–Trinajstić information content (AvgIpc) is 3.12. The molecule has 8 nitrogen and oxygen atoms in total. The van der Waals surface area contributed by atoms with E-state index in [0.717, 1.165) is 38.5 Å². The minimum absolute atomic E-state index is 0.00291. The molecule has 1 saturated carbocycles. The minimum atomic E-state index is -3.35. The summed E-state index contributed by atoms with van der Waals surface area (Å²) < 4.78 is 40.0. The maximum atomic E-state index is 12.3. The molecule has 0 aromatic carbocycles. The molecule has 134 valence electrons. The zero-order chi connectivity index (χ0) is 17.0. The third kappa shape index (κ3) is 4.14. The van der Waals surface area contributed by atoms with Crippen molar-refractivity contribution in [3.05, 3.63) is 12.4 Å². The van der Waals surface area contributed by atoms with E-state index in [9.17, 15) is 8.42 Å². The van der Waals surface area contributed by atoms with Gasteiger partial charge in [-0.3, -0.25) is 0 Å². The Labute approximate surface area is 142 Å². The van der Waals surface area contributed by atoms with Crippen molar-refractivity contribution in [2.45, 2.75) is 50.7 Å². The van der Waals surface area contributed by atoms with Crippen LogP contribution in [0.2, 0.25) is 0 Å². The summed E-state index contributed by atoms with van der Waals surface area (Å²) in [4.78, 5) is 8.21. The molecule has 24 heavy (non-hydrogen) atoms. The molecular formula is C15H24N4O4S. The van der Waals surface area contributed by atoms with E-state index in [4.69, 9.17) is 9.47 Å². The Morgan fingerprint density at radius 2 is 1.71 bits per heavy atom. The summed E-state index contributed by atoms with van der Waals surface area (Å²) in [5.74, 6) is 0.760. The standard InChI is InChI=1S/C15H24N4O4S/c1-22-14-15(17-9-8-16-14)23-13-6-4-12(5-7-13)18-24(20,21)19-10-2-3-11-19/h8-9,12-13,18H,2-7,10-11H2,1H3. The van der Waals surface area contributed by atoms with Gasteiger partial charge in [-0.05, 0) is 38.5 Å². The summed E-state index contributed by atoms with van der Waals surface area (Å²) in [6, 6.07) is -0.0285. The predicted octanol–water partition coefficient (Wildman–Crippen LogP) is 1.11. The van der Waals surface area contributed by atoms with E-state index >= 15 is 0 Å². The van der Waals surface area contributed by atoms with Gasteiger partial charge in [-0.1, -0.05) is 0 Å². The van der Waals surface area contributed by atoms with Gasteiger partial charge >= 0.3 is 0 Å². The number of rotatable bonds is 6. The van der Waals surface area contributed by atoms with Crippen molar-refractivity contribution in [3.8, 4) is 11.8 Å². The van der Waals surface area contributed by atoms with Crippen LogP contribution < -0.4 is 14.2 Å². The van der Waals surface area contributed by atoms with Gasteiger partial charge < -0.3 is 9.47 Å². The van der Waals surface area contributed by atoms with Crippen molar-refractivity contribution in [2.75, 3.05) is 20.2 Å². The van der Waals surface area contributed by atoms with Crippen LogP contribution in [0, 0.1) is 0 Å².